The molecule has 1 fully saturated rings. The fraction of sp³-hybridized carbons (Fsp3) is 0.308. The normalized spacial score (nSPS) is 21.1. The first-order valence-electron chi connectivity index (χ1n) is 5.83. The predicted octanol–water partition coefficient (Wildman–Crippen LogP) is 2.57. The third-order valence-electron chi connectivity index (χ3n) is 3.04. The second-order valence-corrected chi connectivity index (χ2v) is 4.58. The number of nitrogens with zero attached hydrogens (tertiary/aromatic N) is 3. The maximum Gasteiger partial charge on any atom is 0.231 e. The first-order chi connectivity index (χ1) is 9.15. The zero-order chi connectivity index (χ0) is 13.4. The molecule has 6 heteroatoms. The third kappa shape index (κ3) is 2.45. The summed E-state index contributed by atoms with van der Waals surface area (Å²) in [5.41, 5.74) is 0.442. The van der Waals surface area contributed by atoms with Crippen LogP contribution in [-0.2, 0) is 6.42 Å². The molecule has 0 aliphatic heterocycles. The van der Waals surface area contributed by atoms with Gasteiger partial charge in [0.05, 0.1) is 17.9 Å². The minimum absolute atomic E-state index is 0.00972. The van der Waals surface area contributed by atoms with Gasteiger partial charge >= 0.3 is 0 Å². The molecule has 0 spiro atoms. The van der Waals surface area contributed by atoms with E-state index in [2.05, 4.69) is 16.2 Å². The Kier molecular flexibility index (Phi) is 2.75. The Bertz CT molecular complexity index is 642. The maximum absolute atomic E-state index is 13.0. The molecular weight excluding hydrogens is 252 g/mol. The Labute approximate surface area is 107 Å². The van der Waals surface area contributed by atoms with E-state index in [1.807, 2.05) is 0 Å². The fourth-order valence-electron chi connectivity index (χ4n) is 2.00. The van der Waals surface area contributed by atoms with E-state index in [4.69, 9.17) is 9.78 Å². The summed E-state index contributed by atoms with van der Waals surface area (Å²) in [6, 6.07) is 5.41. The molecule has 1 heterocycles. The van der Waals surface area contributed by atoms with Gasteiger partial charge in [-0.3, -0.25) is 0 Å². The van der Waals surface area contributed by atoms with Crippen molar-refractivity contribution in [3.8, 4) is 6.07 Å². The molecular formula is C13H9F2N3O. The lowest BCUT2D eigenvalue weighted by Crippen LogP contribution is -1.94. The van der Waals surface area contributed by atoms with E-state index in [1.165, 1.54) is 12.1 Å². The largest absolute Gasteiger partial charge is 0.339 e. The van der Waals surface area contributed by atoms with Gasteiger partial charge in [-0.25, -0.2) is 8.78 Å². The van der Waals surface area contributed by atoms with E-state index in [-0.39, 0.29) is 18.3 Å². The molecule has 96 valence electrons. The second kappa shape index (κ2) is 4.43. The lowest BCUT2D eigenvalue weighted by Gasteiger charge is -1.97. The van der Waals surface area contributed by atoms with Crippen molar-refractivity contribution in [1.29, 1.82) is 5.26 Å². The van der Waals surface area contributed by atoms with E-state index in [0.29, 0.717) is 17.3 Å². The molecule has 0 amide bonds. The summed E-state index contributed by atoms with van der Waals surface area (Å²) in [4.78, 5) is 4.15. The molecule has 0 radical (unpaired) electrons. The highest BCUT2D eigenvalue weighted by Gasteiger charge is 2.43. The maximum atomic E-state index is 13.0. The summed E-state index contributed by atoms with van der Waals surface area (Å²) < 4.78 is 31.1. The monoisotopic (exact) mass is 261 g/mol. The average Bonchev–Trinajstić information content (AvgIpc) is 3.00. The van der Waals surface area contributed by atoms with Crippen LogP contribution in [0.15, 0.2) is 22.7 Å². The number of halogens is 2. The molecule has 1 saturated carbocycles. The Morgan fingerprint density at radius 2 is 2.05 bits per heavy atom. The van der Waals surface area contributed by atoms with Crippen LogP contribution in [0, 0.1) is 28.9 Å². The highest BCUT2D eigenvalue weighted by atomic mass is 19.1. The van der Waals surface area contributed by atoms with Crippen molar-refractivity contribution in [2.75, 3.05) is 0 Å². The van der Waals surface area contributed by atoms with E-state index >= 15 is 0 Å². The van der Waals surface area contributed by atoms with Gasteiger partial charge in [0, 0.05) is 12.5 Å². The lowest BCUT2D eigenvalue weighted by atomic mass is 10.1. The SMILES string of the molecule is N#CC1CC1c1nc(Cc2cc(F)cc(F)c2)no1. The smallest absolute Gasteiger partial charge is 0.231 e. The van der Waals surface area contributed by atoms with Crippen LogP contribution in [0.25, 0.3) is 0 Å². The van der Waals surface area contributed by atoms with Crippen LogP contribution >= 0.6 is 0 Å². The van der Waals surface area contributed by atoms with Crippen LogP contribution in [0.2, 0.25) is 0 Å². The summed E-state index contributed by atoms with van der Waals surface area (Å²) in [6.45, 7) is 0. The number of aromatic nitrogens is 2. The minimum Gasteiger partial charge on any atom is -0.339 e. The van der Waals surface area contributed by atoms with Crippen LogP contribution in [0.4, 0.5) is 8.78 Å². The number of hydrogen-bond acceptors (Lipinski definition) is 4. The average molecular weight is 261 g/mol. The molecule has 1 aliphatic rings. The number of nitriles is 1. The number of benzene rings is 1. The fourth-order valence-corrected chi connectivity index (χ4v) is 2.00. The third-order valence-corrected chi connectivity index (χ3v) is 3.04. The van der Waals surface area contributed by atoms with Gasteiger partial charge < -0.3 is 4.52 Å². The molecule has 0 bridgehead atoms. The minimum atomic E-state index is -0.634. The molecule has 4 nitrogen and oxygen atoms in total. The molecule has 19 heavy (non-hydrogen) atoms. The molecule has 1 aliphatic carbocycles. The second-order valence-electron chi connectivity index (χ2n) is 4.58. The Morgan fingerprint density at radius 1 is 1.32 bits per heavy atom. The summed E-state index contributed by atoms with van der Waals surface area (Å²) in [6.07, 6.45) is 0.925. The van der Waals surface area contributed by atoms with E-state index in [0.717, 1.165) is 12.5 Å². The topological polar surface area (TPSA) is 62.7 Å². The highest BCUT2D eigenvalue weighted by Crippen LogP contribution is 2.46. The van der Waals surface area contributed by atoms with Crippen molar-refractivity contribution in [2.24, 2.45) is 5.92 Å². The summed E-state index contributed by atoms with van der Waals surface area (Å²) in [5.74, 6) is -0.520. The molecule has 0 N–H and O–H groups in total. The Morgan fingerprint density at radius 3 is 2.68 bits per heavy atom. The van der Waals surface area contributed by atoms with Crippen molar-refractivity contribution in [2.45, 2.75) is 18.8 Å². The standard InChI is InChI=1S/C13H9F2N3O/c14-9-1-7(2-10(15)5-9)3-12-17-13(19-18-12)11-4-8(11)6-16/h1-2,5,8,11H,3-4H2. The summed E-state index contributed by atoms with van der Waals surface area (Å²) in [5, 5.41) is 12.5. The van der Waals surface area contributed by atoms with Crippen LogP contribution in [0.5, 0.6) is 0 Å². The molecule has 2 aromatic rings. The van der Waals surface area contributed by atoms with Crippen molar-refractivity contribution < 1.29 is 13.3 Å². The molecule has 1 aromatic carbocycles. The van der Waals surface area contributed by atoms with E-state index in [9.17, 15) is 8.78 Å². The first kappa shape index (κ1) is 11.8. The van der Waals surface area contributed by atoms with Crippen molar-refractivity contribution in [3.05, 3.63) is 47.1 Å². The van der Waals surface area contributed by atoms with Gasteiger partial charge in [0.25, 0.3) is 0 Å². The van der Waals surface area contributed by atoms with Crippen molar-refractivity contribution >= 4 is 0 Å². The molecule has 3 rings (SSSR count). The van der Waals surface area contributed by atoms with Crippen LogP contribution in [0.3, 0.4) is 0 Å². The first-order valence-corrected chi connectivity index (χ1v) is 5.83. The van der Waals surface area contributed by atoms with Gasteiger partial charge in [0.15, 0.2) is 5.82 Å². The van der Waals surface area contributed by atoms with Gasteiger partial charge in [0.1, 0.15) is 11.6 Å². The quantitative estimate of drug-likeness (QED) is 0.851. The van der Waals surface area contributed by atoms with Crippen LogP contribution in [-0.4, -0.2) is 10.1 Å². The predicted molar refractivity (Wildman–Crippen MR) is 59.9 cm³/mol. The van der Waals surface area contributed by atoms with Gasteiger partial charge in [-0.15, -0.1) is 0 Å². The van der Waals surface area contributed by atoms with E-state index in [1.54, 1.807) is 0 Å². The molecule has 2 atom stereocenters. The zero-order valence-corrected chi connectivity index (χ0v) is 9.81. The molecule has 2 unspecified atom stereocenters. The van der Waals surface area contributed by atoms with Gasteiger partial charge in [-0.1, -0.05) is 5.16 Å². The van der Waals surface area contributed by atoms with Crippen LogP contribution in [0.1, 0.15) is 29.6 Å². The number of hydrogen-bond donors (Lipinski definition) is 0. The summed E-state index contributed by atoms with van der Waals surface area (Å²) >= 11 is 0. The van der Waals surface area contributed by atoms with Crippen LogP contribution < -0.4 is 0 Å². The van der Waals surface area contributed by atoms with Crippen molar-refractivity contribution in [3.63, 3.8) is 0 Å². The lowest BCUT2D eigenvalue weighted by molar-refractivity contribution is 0.373. The van der Waals surface area contributed by atoms with Gasteiger partial charge in [-0.05, 0) is 24.1 Å². The number of rotatable bonds is 3. The van der Waals surface area contributed by atoms with Crippen molar-refractivity contribution in [1.82, 2.24) is 10.1 Å². The highest BCUT2D eigenvalue weighted by molar-refractivity contribution is 5.22. The van der Waals surface area contributed by atoms with E-state index < -0.39 is 11.6 Å². The zero-order valence-electron chi connectivity index (χ0n) is 9.81. The van der Waals surface area contributed by atoms with Gasteiger partial charge in [-0.2, -0.15) is 10.2 Å². The molecule has 1 aromatic heterocycles. The summed E-state index contributed by atoms with van der Waals surface area (Å²) in [7, 11) is 0. The Hall–Kier alpha value is -2.29. The Balaban J connectivity index is 1.75. The van der Waals surface area contributed by atoms with Gasteiger partial charge in [0.2, 0.25) is 5.89 Å². The molecule has 0 saturated heterocycles.